The molecule has 0 saturated carbocycles. The number of imidazole rings is 1. The van der Waals surface area contributed by atoms with Gasteiger partial charge in [-0.2, -0.15) is 5.26 Å². The Balaban J connectivity index is 1.72. The van der Waals surface area contributed by atoms with Crippen molar-refractivity contribution in [2.75, 3.05) is 33.2 Å². The Hall–Kier alpha value is -2.95. The lowest BCUT2D eigenvalue weighted by molar-refractivity contribution is 0.148. The van der Waals surface area contributed by atoms with E-state index in [1.54, 1.807) is 16.2 Å². The van der Waals surface area contributed by atoms with E-state index in [2.05, 4.69) is 49.8 Å². The molecule has 1 fully saturated rings. The summed E-state index contributed by atoms with van der Waals surface area (Å²) in [6.07, 6.45) is 0. The minimum absolute atomic E-state index is 0.0254. The summed E-state index contributed by atoms with van der Waals surface area (Å²) in [5, 5.41) is 9.71. The Kier molecular flexibility index (Phi) is 5.93. The molecule has 0 spiro atoms. The van der Waals surface area contributed by atoms with Crippen LogP contribution in [0.4, 0.5) is 0 Å². The second-order valence-electron chi connectivity index (χ2n) is 10.1. The van der Waals surface area contributed by atoms with E-state index >= 15 is 0 Å². The molecule has 1 saturated heterocycles. The molecule has 1 aliphatic heterocycles. The second-order valence-corrected chi connectivity index (χ2v) is 10.1. The predicted molar refractivity (Wildman–Crippen MR) is 127 cm³/mol. The Morgan fingerprint density at radius 3 is 2.44 bits per heavy atom. The fraction of sp³-hybridized carbons (Fsp3) is 0.480. The van der Waals surface area contributed by atoms with E-state index in [-0.39, 0.29) is 11.1 Å². The fourth-order valence-electron chi connectivity index (χ4n) is 4.31. The van der Waals surface area contributed by atoms with Gasteiger partial charge in [0.15, 0.2) is 5.65 Å². The number of aromatic nitrogens is 3. The van der Waals surface area contributed by atoms with Crippen LogP contribution in [0.2, 0.25) is 0 Å². The van der Waals surface area contributed by atoms with E-state index in [1.165, 1.54) is 5.56 Å². The molecule has 3 heterocycles. The molecule has 0 atom stereocenters. The Labute approximate surface area is 189 Å². The molecule has 4 rings (SSSR count). The topological polar surface area (TPSA) is 70.1 Å². The summed E-state index contributed by atoms with van der Waals surface area (Å²) in [6, 6.07) is 12.2. The first-order valence-corrected chi connectivity index (χ1v) is 11.2. The van der Waals surface area contributed by atoms with Crippen LogP contribution < -0.4 is 5.69 Å². The van der Waals surface area contributed by atoms with Gasteiger partial charge in [0, 0.05) is 51.9 Å². The monoisotopic (exact) mass is 432 g/mol. The van der Waals surface area contributed by atoms with Crippen LogP contribution in [0, 0.1) is 16.7 Å². The Morgan fingerprint density at radius 2 is 1.78 bits per heavy atom. The average molecular weight is 433 g/mol. The first-order chi connectivity index (χ1) is 15.2. The lowest BCUT2D eigenvalue weighted by atomic mass is 9.97. The predicted octanol–water partition coefficient (Wildman–Crippen LogP) is 3.07. The normalized spacial score (nSPS) is 15.9. The minimum atomic E-state index is -0.0658. The maximum atomic E-state index is 12.9. The summed E-state index contributed by atoms with van der Waals surface area (Å²) in [4.78, 5) is 22.5. The van der Waals surface area contributed by atoms with Crippen LogP contribution >= 0.6 is 0 Å². The summed E-state index contributed by atoms with van der Waals surface area (Å²) >= 11 is 0. The molecule has 0 unspecified atom stereocenters. The molecule has 168 valence electrons. The smallest absolute Gasteiger partial charge is 0.304 e. The standard InChI is InChI=1S/C25H32N6O/c1-25(2,3)17-31-22-9-8-21(27-23(22)29(5)24(31)32)20-14-18(6-7-19(20)15-26)16-30-12-10-28(4)11-13-30/h6-9,14H,10-13,16-17H2,1-5H3. The number of rotatable bonds is 4. The largest absolute Gasteiger partial charge is 0.330 e. The van der Waals surface area contributed by atoms with Crippen LogP contribution in [-0.4, -0.2) is 57.1 Å². The van der Waals surface area contributed by atoms with Gasteiger partial charge >= 0.3 is 5.69 Å². The SMILES string of the molecule is CN1CCN(Cc2ccc(C#N)c(-c3ccc4c(n3)n(C)c(=O)n4CC(C)(C)C)c2)CC1. The van der Waals surface area contributed by atoms with E-state index in [9.17, 15) is 10.1 Å². The number of piperazine rings is 1. The number of benzene rings is 1. The Bertz CT molecular complexity index is 1230. The number of aryl methyl sites for hydroxylation is 1. The molecule has 0 aliphatic carbocycles. The highest BCUT2D eigenvalue weighted by Gasteiger charge is 2.20. The first kappa shape index (κ1) is 22.3. The van der Waals surface area contributed by atoms with Crippen LogP contribution in [0.15, 0.2) is 35.1 Å². The average Bonchev–Trinajstić information content (AvgIpc) is 2.98. The lowest BCUT2D eigenvalue weighted by Crippen LogP contribution is -2.43. The quantitative estimate of drug-likeness (QED) is 0.634. The third-order valence-corrected chi connectivity index (χ3v) is 6.10. The minimum Gasteiger partial charge on any atom is -0.304 e. The molecule has 0 radical (unpaired) electrons. The molecule has 0 N–H and O–H groups in total. The van der Waals surface area contributed by atoms with Gasteiger partial charge in [-0.25, -0.2) is 9.78 Å². The number of nitrogens with zero attached hydrogens (tertiary/aromatic N) is 6. The van der Waals surface area contributed by atoms with Crippen molar-refractivity contribution in [3.05, 3.63) is 51.9 Å². The number of pyridine rings is 1. The maximum absolute atomic E-state index is 12.9. The van der Waals surface area contributed by atoms with Gasteiger partial charge in [0.2, 0.25) is 0 Å². The summed E-state index contributed by atoms with van der Waals surface area (Å²) in [5.41, 5.74) is 4.68. The zero-order chi connectivity index (χ0) is 23.0. The van der Waals surface area contributed by atoms with E-state index in [1.807, 2.05) is 24.3 Å². The summed E-state index contributed by atoms with van der Waals surface area (Å²) in [6.45, 7) is 12.0. The van der Waals surface area contributed by atoms with Crippen molar-refractivity contribution in [1.82, 2.24) is 23.9 Å². The molecule has 1 aromatic carbocycles. The highest BCUT2D eigenvalue weighted by molar-refractivity contribution is 5.78. The summed E-state index contributed by atoms with van der Waals surface area (Å²) in [7, 11) is 3.91. The van der Waals surface area contributed by atoms with Gasteiger partial charge in [0.05, 0.1) is 22.8 Å². The van der Waals surface area contributed by atoms with Gasteiger partial charge in [-0.3, -0.25) is 14.0 Å². The van der Waals surface area contributed by atoms with Crippen molar-refractivity contribution >= 4 is 11.2 Å². The first-order valence-electron chi connectivity index (χ1n) is 11.2. The summed E-state index contributed by atoms with van der Waals surface area (Å²) in [5.74, 6) is 0. The molecule has 7 nitrogen and oxygen atoms in total. The Morgan fingerprint density at radius 1 is 1.06 bits per heavy atom. The molecular weight excluding hydrogens is 400 g/mol. The number of likely N-dealkylation sites (N-methyl/N-ethyl adjacent to an activating group) is 1. The van der Waals surface area contributed by atoms with Gasteiger partial charge in [-0.1, -0.05) is 26.8 Å². The van der Waals surface area contributed by atoms with Crippen molar-refractivity contribution in [3.63, 3.8) is 0 Å². The van der Waals surface area contributed by atoms with Crippen molar-refractivity contribution in [2.45, 2.75) is 33.9 Å². The van der Waals surface area contributed by atoms with Gasteiger partial charge in [0.25, 0.3) is 0 Å². The molecule has 1 aliphatic rings. The zero-order valence-corrected chi connectivity index (χ0v) is 19.7. The highest BCUT2D eigenvalue weighted by atomic mass is 16.1. The third kappa shape index (κ3) is 4.47. The molecule has 3 aromatic rings. The molecule has 32 heavy (non-hydrogen) atoms. The molecule has 0 amide bonds. The van der Waals surface area contributed by atoms with Gasteiger partial charge < -0.3 is 4.90 Å². The van der Waals surface area contributed by atoms with E-state index in [0.29, 0.717) is 17.8 Å². The summed E-state index contributed by atoms with van der Waals surface area (Å²) < 4.78 is 3.39. The van der Waals surface area contributed by atoms with Gasteiger partial charge in [0.1, 0.15) is 0 Å². The van der Waals surface area contributed by atoms with E-state index in [0.717, 1.165) is 49.5 Å². The lowest BCUT2D eigenvalue weighted by Gasteiger charge is -2.32. The van der Waals surface area contributed by atoms with Crippen molar-refractivity contribution in [2.24, 2.45) is 12.5 Å². The van der Waals surface area contributed by atoms with Gasteiger partial charge in [-0.15, -0.1) is 0 Å². The van der Waals surface area contributed by atoms with Crippen molar-refractivity contribution in [1.29, 1.82) is 5.26 Å². The van der Waals surface area contributed by atoms with Crippen LogP contribution in [0.1, 0.15) is 31.9 Å². The fourth-order valence-corrected chi connectivity index (χ4v) is 4.31. The molecule has 7 heteroatoms. The van der Waals surface area contributed by atoms with Crippen molar-refractivity contribution in [3.8, 4) is 17.3 Å². The molecular formula is C25H32N6O. The van der Waals surface area contributed by atoms with Crippen LogP contribution in [-0.2, 0) is 20.1 Å². The van der Waals surface area contributed by atoms with Gasteiger partial charge in [-0.05, 0) is 42.3 Å². The van der Waals surface area contributed by atoms with Crippen LogP contribution in [0.3, 0.4) is 0 Å². The molecule has 0 bridgehead atoms. The van der Waals surface area contributed by atoms with Crippen molar-refractivity contribution < 1.29 is 0 Å². The number of hydrogen-bond acceptors (Lipinski definition) is 5. The highest BCUT2D eigenvalue weighted by Crippen LogP contribution is 2.27. The zero-order valence-electron chi connectivity index (χ0n) is 19.7. The van der Waals surface area contributed by atoms with E-state index in [4.69, 9.17) is 4.98 Å². The maximum Gasteiger partial charge on any atom is 0.330 e. The number of hydrogen-bond donors (Lipinski definition) is 0. The van der Waals surface area contributed by atoms with Crippen LogP contribution in [0.5, 0.6) is 0 Å². The second kappa shape index (κ2) is 8.53. The molecule has 2 aromatic heterocycles. The van der Waals surface area contributed by atoms with E-state index < -0.39 is 0 Å². The number of nitriles is 1. The van der Waals surface area contributed by atoms with Crippen LogP contribution in [0.25, 0.3) is 22.4 Å². The third-order valence-electron chi connectivity index (χ3n) is 6.10. The number of fused-ring (bicyclic) bond motifs is 1.